The molecule has 2 aliphatic carbocycles. The van der Waals surface area contributed by atoms with E-state index < -0.39 is 11.9 Å². The molecule has 1 heterocycles. The Labute approximate surface area is 113 Å². The van der Waals surface area contributed by atoms with E-state index in [2.05, 4.69) is 0 Å². The van der Waals surface area contributed by atoms with Crippen LogP contribution in [-0.4, -0.2) is 40.5 Å². The van der Waals surface area contributed by atoms with E-state index in [4.69, 9.17) is 10.8 Å². The molecular weight excluding hydrogens is 244 g/mol. The van der Waals surface area contributed by atoms with Crippen molar-refractivity contribution in [1.29, 1.82) is 0 Å². The second kappa shape index (κ2) is 4.47. The summed E-state index contributed by atoms with van der Waals surface area (Å²) in [5.41, 5.74) is 6.21. The second-order valence-electron chi connectivity index (χ2n) is 6.44. The molecule has 6 atom stereocenters. The van der Waals surface area contributed by atoms with Gasteiger partial charge in [-0.15, -0.1) is 0 Å². The molecule has 1 aliphatic heterocycles. The standard InChI is InChI=1S/C14H22N2O3/c1-7-10(14(18)19)4-5-16(7)13(17)11-8-2-3-9(6-8)12(11)15/h7-12H,2-6,15H2,1H3,(H,18,19). The van der Waals surface area contributed by atoms with Crippen molar-refractivity contribution in [3.63, 3.8) is 0 Å². The molecule has 1 amide bonds. The Morgan fingerprint density at radius 2 is 1.89 bits per heavy atom. The number of carboxylic acids is 1. The SMILES string of the molecule is CC1C(C(=O)O)CCN1C(=O)C1C2CCC(C2)C1N. The van der Waals surface area contributed by atoms with Gasteiger partial charge >= 0.3 is 5.97 Å². The second-order valence-corrected chi connectivity index (χ2v) is 6.44. The molecule has 0 aromatic carbocycles. The number of carbonyl (C=O) groups is 2. The van der Waals surface area contributed by atoms with Crippen molar-refractivity contribution >= 4 is 11.9 Å². The van der Waals surface area contributed by atoms with Crippen molar-refractivity contribution in [2.75, 3.05) is 6.54 Å². The number of hydrogen-bond acceptors (Lipinski definition) is 3. The fourth-order valence-electron chi connectivity index (χ4n) is 4.47. The Morgan fingerprint density at radius 1 is 1.21 bits per heavy atom. The van der Waals surface area contributed by atoms with Gasteiger partial charge in [0.2, 0.25) is 5.91 Å². The van der Waals surface area contributed by atoms with Gasteiger partial charge < -0.3 is 15.7 Å². The monoisotopic (exact) mass is 266 g/mol. The average molecular weight is 266 g/mol. The lowest BCUT2D eigenvalue weighted by Crippen LogP contribution is -2.49. The molecule has 2 bridgehead atoms. The molecule has 0 spiro atoms. The molecule has 0 aromatic heterocycles. The number of rotatable bonds is 2. The summed E-state index contributed by atoms with van der Waals surface area (Å²) < 4.78 is 0. The highest BCUT2D eigenvalue weighted by Crippen LogP contribution is 2.48. The molecule has 3 N–H and O–H groups in total. The van der Waals surface area contributed by atoms with Gasteiger partial charge in [-0.05, 0) is 44.4 Å². The molecule has 5 heteroatoms. The number of hydrogen-bond donors (Lipinski definition) is 2. The molecule has 6 unspecified atom stereocenters. The van der Waals surface area contributed by atoms with Gasteiger partial charge in [-0.1, -0.05) is 0 Å². The Kier molecular flexibility index (Phi) is 3.04. The van der Waals surface area contributed by atoms with E-state index in [0.29, 0.717) is 24.8 Å². The molecule has 106 valence electrons. The van der Waals surface area contributed by atoms with Gasteiger partial charge in [0.25, 0.3) is 0 Å². The predicted molar refractivity (Wildman–Crippen MR) is 69.2 cm³/mol. The number of fused-ring (bicyclic) bond motifs is 2. The van der Waals surface area contributed by atoms with E-state index in [-0.39, 0.29) is 23.9 Å². The minimum absolute atomic E-state index is 0.0117. The molecule has 2 saturated carbocycles. The molecule has 1 saturated heterocycles. The predicted octanol–water partition coefficient (Wildman–Crippen LogP) is 0.681. The number of aliphatic carboxylic acids is 1. The van der Waals surface area contributed by atoms with Gasteiger partial charge in [0.15, 0.2) is 0 Å². The summed E-state index contributed by atoms with van der Waals surface area (Å²) in [5.74, 6) is -0.223. The number of carbonyl (C=O) groups excluding carboxylic acids is 1. The molecular formula is C14H22N2O3. The van der Waals surface area contributed by atoms with Crippen molar-refractivity contribution < 1.29 is 14.7 Å². The van der Waals surface area contributed by atoms with Crippen molar-refractivity contribution in [2.45, 2.75) is 44.7 Å². The van der Waals surface area contributed by atoms with Crippen LogP contribution < -0.4 is 5.73 Å². The van der Waals surface area contributed by atoms with E-state index in [1.165, 1.54) is 0 Å². The Hall–Kier alpha value is -1.10. The van der Waals surface area contributed by atoms with Crippen LogP contribution in [0.4, 0.5) is 0 Å². The molecule has 19 heavy (non-hydrogen) atoms. The normalized spacial score (nSPS) is 44.8. The summed E-state index contributed by atoms with van der Waals surface area (Å²) in [6.07, 6.45) is 3.92. The average Bonchev–Trinajstić information content (AvgIpc) is 3.01. The summed E-state index contributed by atoms with van der Waals surface area (Å²) in [6.45, 7) is 2.42. The van der Waals surface area contributed by atoms with Crippen molar-refractivity contribution in [2.24, 2.45) is 29.4 Å². The topological polar surface area (TPSA) is 83.6 Å². The van der Waals surface area contributed by atoms with Crippen molar-refractivity contribution in [1.82, 2.24) is 4.90 Å². The lowest BCUT2D eigenvalue weighted by atomic mass is 9.84. The smallest absolute Gasteiger partial charge is 0.308 e. The molecule has 0 aromatic rings. The molecule has 3 fully saturated rings. The first-order valence-corrected chi connectivity index (χ1v) is 7.29. The number of carboxylic acid groups (broad SMARTS) is 1. The Bertz CT molecular complexity index is 409. The number of likely N-dealkylation sites (tertiary alicyclic amines) is 1. The number of nitrogens with two attached hydrogens (primary N) is 1. The van der Waals surface area contributed by atoms with Crippen LogP contribution in [0.5, 0.6) is 0 Å². The van der Waals surface area contributed by atoms with Crippen LogP contribution >= 0.6 is 0 Å². The summed E-state index contributed by atoms with van der Waals surface area (Å²) >= 11 is 0. The maximum atomic E-state index is 12.7. The third-order valence-corrected chi connectivity index (χ3v) is 5.62. The van der Waals surface area contributed by atoms with Gasteiger partial charge in [-0.25, -0.2) is 0 Å². The summed E-state index contributed by atoms with van der Waals surface area (Å²) in [4.78, 5) is 25.6. The highest BCUT2D eigenvalue weighted by molar-refractivity contribution is 5.82. The van der Waals surface area contributed by atoms with Gasteiger partial charge in [0.1, 0.15) is 0 Å². The third kappa shape index (κ3) is 1.86. The minimum Gasteiger partial charge on any atom is -0.481 e. The van der Waals surface area contributed by atoms with E-state index in [1.807, 2.05) is 6.92 Å². The first-order chi connectivity index (χ1) is 9.00. The van der Waals surface area contributed by atoms with E-state index in [0.717, 1.165) is 19.3 Å². The van der Waals surface area contributed by atoms with Crippen LogP contribution in [0.15, 0.2) is 0 Å². The lowest BCUT2D eigenvalue weighted by molar-refractivity contribution is -0.144. The summed E-state index contributed by atoms with van der Waals surface area (Å²) in [5, 5.41) is 9.14. The first-order valence-electron chi connectivity index (χ1n) is 7.29. The molecule has 3 aliphatic rings. The van der Waals surface area contributed by atoms with Crippen LogP contribution in [0.3, 0.4) is 0 Å². The first kappa shape index (κ1) is 12.9. The highest BCUT2D eigenvalue weighted by Gasteiger charge is 2.52. The lowest BCUT2D eigenvalue weighted by Gasteiger charge is -2.33. The van der Waals surface area contributed by atoms with Crippen LogP contribution in [-0.2, 0) is 9.59 Å². The number of amides is 1. The van der Waals surface area contributed by atoms with Crippen LogP contribution in [0.25, 0.3) is 0 Å². The Balaban J connectivity index is 1.73. The fraction of sp³-hybridized carbons (Fsp3) is 0.857. The van der Waals surface area contributed by atoms with Gasteiger partial charge in [0, 0.05) is 18.6 Å². The van der Waals surface area contributed by atoms with Gasteiger partial charge in [-0.3, -0.25) is 9.59 Å². The van der Waals surface area contributed by atoms with Crippen LogP contribution in [0.1, 0.15) is 32.6 Å². The minimum atomic E-state index is -0.792. The fourth-order valence-corrected chi connectivity index (χ4v) is 4.47. The maximum Gasteiger partial charge on any atom is 0.308 e. The van der Waals surface area contributed by atoms with E-state index >= 15 is 0 Å². The molecule has 5 nitrogen and oxygen atoms in total. The number of nitrogens with zero attached hydrogens (tertiary/aromatic N) is 1. The van der Waals surface area contributed by atoms with Crippen LogP contribution in [0.2, 0.25) is 0 Å². The Morgan fingerprint density at radius 3 is 2.42 bits per heavy atom. The zero-order chi connectivity index (χ0) is 13.7. The van der Waals surface area contributed by atoms with Crippen LogP contribution in [0, 0.1) is 23.7 Å². The maximum absolute atomic E-state index is 12.7. The zero-order valence-corrected chi connectivity index (χ0v) is 11.3. The highest BCUT2D eigenvalue weighted by atomic mass is 16.4. The summed E-state index contributed by atoms with van der Waals surface area (Å²) in [6, 6.07) is -0.210. The largest absolute Gasteiger partial charge is 0.481 e. The van der Waals surface area contributed by atoms with E-state index in [9.17, 15) is 9.59 Å². The molecule has 3 rings (SSSR count). The van der Waals surface area contributed by atoms with Gasteiger partial charge in [0.05, 0.1) is 11.8 Å². The zero-order valence-electron chi connectivity index (χ0n) is 11.3. The quantitative estimate of drug-likeness (QED) is 0.770. The summed E-state index contributed by atoms with van der Waals surface area (Å²) in [7, 11) is 0. The van der Waals surface area contributed by atoms with Crippen molar-refractivity contribution in [3.05, 3.63) is 0 Å². The third-order valence-electron chi connectivity index (χ3n) is 5.62. The van der Waals surface area contributed by atoms with E-state index in [1.54, 1.807) is 4.90 Å². The van der Waals surface area contributed by atoms with Crippen molar-refractivity contribution in [3.8, 4) is 0 Å². The van der Waals surface area contributed by atoms with Gasteiger partial charge in [-0.2, -0.15) is 0 Å². The molecule has 0 radical (unpaired) electrons.